The van der Waals surface area contributed by atoms with E-state index < -0.39 is 159 Å². The zero-order valence-electron chi connectivity index (χ0n) is 37.0. The third-order valence-corrected chi connectivity index (χ3v) is 12.3. The molecule has 2 saturated heterocycles. The number of nitrogens with one attached hydrogen (secondary N) is 7. The van der Waals surface area contributed by atoms with Gasteiger partial charge >= 0.3 is 0 Å². The number of aliphatic imine (C=N–C) groups is 2. The number of hydrogen-bond donors (Lipinski definition) is 17. The van der Waals surface area contributed by atoms with Gasteiger partial charge in [-0.3, -0.25) is 38.8 Å². The summed E-state index contributed by atoms with van der Waals surface area (Å²) in [6, 6.07) is 2.05. The van der Waals surface area contributed by atoms with E-state index in [0.717, 1.165) is 4.90 Å². The third-order valence-electron chi connectivity index (χ3n) is 12.3. The highest BCUT2D eigenvalue weighted by Gasteiger charge is 2.52. The monoisotopic (exact) mass is 970 g/mol. The van der Waals surface area contributed by atoms with E-state index in [4.69, 9.17) is 16.2 Å². The summed E-state index contributed by atoms with van der Waals surface area (Å²) in [6.45, 7) is -1.89. The summed E-state index contributed by atoms with van der Waals surface area (Å²) >= 11 is 0. The Balaban J connectivity index is 1.41. The minimum absolute atomic E-state index is 0.122. The van der Waals surface area contributed by atoms with Crippen LogP contribution in [0.15, 0.2) is 64.6 Å². The van der Waals surface area contributed by atoms with Crippen molar-refractivity contribution in [2.45, 2.75) is 104 Å². The Bertz CT molecular complexity index is 2240. The van der Waals surface area contributed by atoms with Crippen molar-refractivity contribution in [2.75, 3.05) is 32.8 Å². The minimum Gasteiger partial charge on any atom is -0.508 e. The number of aromatic hydroxyl groups is 1. The van der Waals surface area contributed by atoms with Gasteiger partial charge in [0.05, 0.1) is 44.9 Å². The van der Waals surface area contributed by atoms with Gasteiger partial charge in [0.1, 0.15) is 72.6 Å². The Morgan fingerprint density at radius 3 is 1.96 bits per heavy atom. The van der Waals surface area contributed by atoms with Gasteiger partial charge in [-0.05, 0) is 23.3 Å². The molecular weight excluding hydrogens is 913 g/mol. The molecule has 0 unspecified atom stereocenters. The van der Waals surface area contributed by atoms with Crippen LogP contribution in [0.3, 0.4) is 0 Å². The molecule has 0 aliphatic carbocycles. The van der Waals surface area contributed by atoms with Crippen molar-refractivity contribution in [3.05, 3.63) is 65.7 Å². The summed E-state index contributed by atoms with van der Waals surface area (Å²) in [5, 5.41) is 103. The Morgan fingerprint density at radius 2 is 1.32 bits per heavy atom. The number of ether oxygens (including phenoxy) is 1. The van der Waals surface area contributed by atoms with E-state index in [2.05, 4.69) is 47.2 Å². The van der Waals surface area contributed by atoms with Crippen molar-refractivity contribution >= 4 is 47.4 Å². The number of guanidine groups is 2. The molecule has 15 atom stereocenters. The molecule has 6 amide bonds. The number of carbonyl (C=O) groups is 6. The standard InChI is InChI=1S/C42H58N12O15/c1-17(19-5-3-2-4-6-19)27-37(66)48-21(11-18-7-9-20(57)10-8-18)36(65)52-28(30(59)22-12-46-41(43)50-22)39(68)53-29(38(67)49-23(15-55)35(64)45-14-26(58)51-27)31(60)24-13-47-42(44)54(24)40-34(63)33(62)32(61)25(16-56)69-40/h2-10,17,21-25,27-34,40,55-57,59-63H,11-16H2,1H3,(H2,44,47)(H,45,64)(H,48,66)(H,49,67)(H,51,58)(H,52,65)(H,53,68)(H3,43,46,50)/t17-,21+,22-,23-,24-,25+,27-,28-,29+,30+,31-,32+,33-,34-,40-/m0/s1. The van der Waals surface area contributed by atoms with Crippen molar-refractivity contribution < 1.29 is 74.4 Å². The molecule has 2 fully saturated rings. The molecule has 0 aromatic heterocycles. The van der Waals surface area contributed by atoms with Crippen molar-refractivity contribution in [2.24, 2.45) is 21.5 Å². The highest BCUT2D eigenvalue weighted by molar-refractivity contribution is 5.98. The van der Waals surface area contributed by atoms with Crippen LogP contribution in [-0.4, -0.2) is 211 Å². The van der Waals surface area contributed by atoms with Crippen LogP contribution in [0, 0.1) is 0 Å². The second-order valence-corrected chi connectivity index (χ2v) is 17.0. The molecule has 376 valence electrons. The molecule has 4 aliphatic heterocycles. The van der Waals surface area contributed by atoms with E-state index in [1.807, 2.05) is 0 Å². The van der Waals surface area contributed by atoms with E-state index >= 15 is 0 Å². The van der Waals surface area contributed by atoms with Crippen LogP contribution in [0.2, 0.25) is 0 Å². The Labute approximate surface area is 393 Å². The van der Waals surface area contributed by atoms with Crippen molar-refractivity contribution in [3.63, 3.8) is 0 Å². The van der Waals surface area contributed by atoms with Crippen LogP contribution in [0.1, 0.15) is 24.0 Å². The molecule has 4 heterocycles. The molecule has 27 heteroatoms. The first kappa shape index (κ1) is 51.7. The lowest BCUT2D eigenvalue weighted by molar-refractivity contribution is -0.260. The van der Waals surface area contributed by atoms with Crippen LogP contribution >= 0.6 is 0 Å². The van der Waals surface area contributed by atoms with Gasteiger partial charge < -0.3 is 99.2 Å². The second-order valence-electron chi connectivity index (χ2n) is 17.0. The number of aliphatic hydroxyl groups is 7. The predicted octanol–water partition coefficient (Wildman–Crippen LogP) is -8.91. The maximum atomic E-state index is 14.7. The molecule has 2 aromatic carbocycles. The van der Waals surface area contributed by atoms with Crippen LogP contribution in [0.4, 0.5) is 0 Å². The Hall–Kier alpha value is -6.72. The van der Waals surface area contributed by atoms with E-state index in [-0.39, 0.29) is 24.7 Å². The largest absolute Gasteiger partial charge is 0.508 e. The van der Waals surface area contributed by atoms with Crippen molar-refractivity contribution in [1.29, 1.82) is 0 Å². The van der Waals surface area contributed by atoms with E-state index in [1.54, 1.807) is 37.3 Å². The Kier molecular flexibility index (Phi) is 16.9. The molecule has 0 saturated carbocycles. The third kappa shape index (κ3) is 11.9. The fourth-order valence-electron chi connectivity index (χ4n) is 8.34. The quantitative estimate of drug-likeness (QED) is 0.0994. The lowest BCUT2D eigenvalue weighted by Gasteiger charge is -2.46. The van der Waals surface area contributed by atoms with Gasteiger partial charge in [0.25, 0.3) is 0 Å². The van der Waals surface area contributed by atoms with Crippen LogP contribution in [-0.2, 0) is 39.9 Å². The number of carbonyl (C=O) groups excluding carboxylic acids is 6. The second kappa shape index (κ2) is 22.6. The molecule has 27 nitrogen and oxygen atoms in total. The summed E-state index contributed by atoms with van der Waals surface area (Å²) in [5.41, 5.74) is 13.0. The summed E-state index contributed by atoms with van der Waals surface area (Å²) in [4.78, 5) is 94.1. The maximum Gasteiger partial charge on any atom is 0.246 e. The lowest BCUT2D eigenvalue weighted by Crippen LogP contribution is -2.70. The lowest BCUT2D eigenvalue weighted by atomic mass is 9.92. The predicted molar refractivity (Wildman–Crippen MR) is 238 cm³/mol. The van der Waals surface area contributed by atoms with Crippen molar-refractivity contribution in [3.8, 4) is 5.75 Å². The van der Waals surface area contributed by atoms with Gasteiger partial charge in [-0.15, -0.1) is 0 Å². The van der Waals surface area contributed by atoms with Crippen LogP contribution < -0.4 is 48.7 Å². The van der Waals surface area contributed by atoms with Gasteiger partial charge in [-0.2, -0.15) is 0 Å². The zero-order valence-corrected chi connectivity index (χ0v) is 37.0. The molecule has 69 heavy (non-hydrogen) atoms. The number of phenols is 1. The fraction of sp³-hybridized carbons (Fsp3) is 0.524. The first-order chi connectivity index (χ1) is 32.8. The van der Waals surface area contributed by atoms with Gasteiger partial charge in [0.15, 0.2) is 18.1 Å². The van der Waals surface area contributed by atoms with Crippen molar-refractivity contribution in [1.82, 2.24) is 42.1 Å². The number of nitrogens with two attached hydrogens (primary N) is 2. The average molecular weight is 971 g/mol. The minimum atomic E-state index is -2.25. The van der Waals surface area contributed by atoms with Crippen LogP contribution in [0.5, 0.6) is 5.75 Å². The number of phenolic OH excluding ortho intramolecular Hbond substituents is 1. The van der Waals surface area contributed by atoms with Gasteiger partial charge in [0.2, 0.25) is 35.4 Å². The summed E-state index contributed by atoms with van der Waals surface area (Å²) in [6.07, 6.45) is -13.4. The normalized spacial score (nSPS) is 32.3. The molecule has 2 aromatic rings. The van der Waals surface area contributed by atoms with Gasteiger partial charge in [-0.1, -0.05) is 49.4 Å². The highest BCUT2D eigenvalue weighted by atomic mass is 16.6. The highest BCUT2D eigenvalue weighted by Crippen LogP contribution is 2.29. The summed E-state index contributed by atoms with van der Waals surface area (Å²) in [5.74, 6) is -8.29. The van der Waals surface area contributed by atoms with E-state index in [9.17, 15) is 69.6 Å². The number of benzene rings is 2. The Morgan fingerprint density at radius 1 is 0.696 bits per heavy atom. The zero-order chi connectivity index (χ0) is 50.3. The fourth-order valence-corrected chi connectivity index (χ4v) is 8.34. The topological polar surface area (TPSA) is 438 Å². The van der Waals surface area contributed by atoms with E-state index in [0.29, 0.717) is 11.1 Å². The summed E-state index contributed by atoms with van der Waals surface area (Å²) < 4.78 is 5.66. The number of aliphatic hydroxyl groups excluding tert-OH is 7. The van der Waals surface area contributed by atoms with Crippen LogP contribution in [0.25, 0.3) is 0 Å². The smallest absolute Gasteiger partial charge is 0.246 e. The average Bonchev–Trinajstić information content (AvgIpc) is 3.96. The number of rotatable bonds is 11. The van der Waals surface area contributed by atoms with Gasteiger partial charge in [-0.25, -0.2) is 0 Å². The molecule has 4 aliphatic rings. The maximum absolute atomic E-state index is 14.7. The van der Waals surface area contributed by atoms with Gasteiger partial charge in [0, 0.05) is 12.3 Å². The molecular formula is C42H58N12O15. The molecule has 19 N–H and O–H groups in total. The number of amides is 6. The number of hydrogen-bond acceptors (Lipinski definition) is 21. The van der Waals surface area contributed by atoms with E-state index in [1.165, 1.54) is 24.3 Å². The molecule has 0 bridgehead atoms. The molecule has 0 spiro atoms. The SMILES string of the molecule is C[C@@H](c1ccccc1)[C@@H]1NC(=O)CNC(=O)[C@H](CO)NC(=O)[C@@H]([C@@H](O)[C@@H]2CN=C(N)N2[C@H]2O[C@H](CO)[C@@H](O)[C@H](O)[C@@H]2O)NC(=O)[C@H]([C@H](O)[C@@H]2CN=C(N)N2)NC(=O)[C@@H](Cc2ccc(O)cc2)NC1=O. The summed E-state index contributed by atoms with van der Waals surface area (Å²) in [7, 11) is 0. The molecule has 0 radical (unpaired) electrons. The molecule has 6 rings (SSSR count). The first-order valence-electron chi connectivity index (χ1n) is 21.9. The number of nitrogens with zero attached hydrogens (tertiary/aromatic N) is 3. The first-order valence-corrected chi connectivity index (χ1v) is 21.9.